The zero-order chi connectivity index (χ0) is 14.9. The first-order chi connectivity index (χ1) is 10.1. The summed E-state index contributed by atoms with van der Waals surface area (Å²) >= 11 is 0. The second-order valence-electron chi connectivity index (χ2n) is 7.19. The summed E-state index contributed by atoms with van der Waals surface area (Å²) in [5, 5.41) is 3.67. The highest BCUT2D eigenvalue weighted by Gasteiger charge is 2.42. The van der Waals surface area contributed by atoms with Crippen LogP contribution in [0.3, 0.4) is 0 Å². The molecule has 1 aromatic rings. The summed E-state index contributed by atoms with van der Waals surface area (Å²) in [5.41, 5.74) is 4.77. The summed E-state index contributed by atoms with van der Waals surface area (Å²) in [6.45, 7) is 10.4. The zero-order valence-corrected chi connectivity index (χ0v) is 13.9. The van der Waals surface area contributed by atoms with Crippen LogP contribution in [-0.2, 0) is 0 Å². The Morgan fingerprint density at radius 2 is 1.90 bits per heavy atom. The van der Waals surface area contributed by atoms with Gasteiger partial charge in [-0.15, -0.1) is 0 Å². The Balaban J connectivity index is 1.90. The number of nitrogens with zero attached hydrogens (tertiary/aromatic N) is 1. The predicted octanol–water partition coefficient (Wildman–Crippen LogP) is 3.97. The van der Waals surface area contributed by atoms with Crippen LogP contribution in [0.4, 0.5) is 0 Å². The van der Waals surface area contributed by atoms with Gasteiger partial charge in [-0.25, -0.2) is 0 Å². The van der Waals surface area contributed by atoms with Gasteiger partial charge in [-0.1, -0.05) is 43.0 Å². The summed E-state index contributed by atoms with van der Waals surface area (Å²) in [6, 6.07) is 7.46. The molecule has 1 aliphatic carbocycles. The first-order valence-electron chi connectivity index (χ1n) is 8.67. The molecule has 1 N–H and O–H groups in total. The Morgan fingerprint density at radius 3 is 2.67 bits per heavy atom. The van der Waals surface area contributed by atoms with Crippen LogP contribution in [0.2, 0.25) is 0 Å². The summed E-state index contributed by atoms with van der Waals surface area (Å²) in [7, 11) is 0. The first-order valence-corrected chi connectivity index (χ1v) is 8.67. The smallest absolute Gasteiger partial charge is 0.0340 e. The van der Waals surface area contributed by atoms with E-state index in [0.717, 1.165) is 6.54 Å². The van der Waals surface area contributed by atoms with E-state index in [1.165, 1.54) is 61.9 Å². The van der Waals surface area contributed by atoms with Crippen LogP contribution >= 0.6 is 0 Å². The van der Waals surface area contributed by atoms with Gasteiger partial charge in [0, 0.05) is 31.2 Å². The van der Waals surface area contributed by atoms with Gasteiger partial charge >= 0.3 is 0 Å². The van der Waals surface area contributed by atoms with Crippen LogP contribution < -0.4 is 5.32 Å². The molecular formula is C19H30N2. The molecule has 21 heavy (non-hydrogen) atoms. The maximum atomic E-state index is 3.67. The van der Waals surface area contributed by atoms with Gasteiger partial charge in [0.2, 0.25) is 0 Å². The fourth-order valence-corrected chi connectivity index (χ4v) is 4.52. The van der Waals surface area contributed by atoms with Gasteiger partial charge in [-0.05, 0) is 44.7 Å². The molecule has 2 nitrogen and oxygen atoms in total. The van der Waals surface area contributed by atoms with Crippen molar-refractivity contribution in [1.29, 1.82) is 0 Å². The normalized spacial score (nSPS) is 24.1. The molecule has 0 bridgehead atoms. The maximum absolute atomic E-state index is 3.67. The van der Waals surface area contributed by atoms with Gasteiger partial charge in [-0.2, -0.15) is 0 Å². The molecule has 1 saturated heterocycles. The predicted molar refractivity (Wildman–Crippen MR) is 89.7 cm³/mol. The van der Waals surface area contributed by atoms with Crippen molar-refractivity contribution in [2.45, 2.75) is 64.5 Å². The summed E-state index contributed by atoms with van der Waals surface area (Å²) in [5.74, 6) is 0. The molecule has 1 heterocycles. The molecule has 1 spiro atoms. The zero-order valence-electron chi connectivity index (χ0n) is 13.9. The molecule has 0 radical (unpaired) electrons. The van der Waals surface area contributed by atoms with Crippen LogP contribution in [-0.4, -0.2) is 30.1 Å². The summed E-state index contributed by atoms with van der Waals surface area (Å²) < 4.78 is 0. The van der Waals surface area contributed by atoms with Crippen molar-refractivity contribution in [3.05, 3.63) is 34.9 Å². The lowest BCUT2D eigenvalue weighted by Crippen LogP contribution is -2.62. The van der Waals surface area contributed by atoms with Gasteiger partial charge in [0.15, 0.2) is 0 Å². The van der Waals surface area contributed by atoms with Gasteiger partial charge in [0.05, 0.1) is 0 Å². The van der Waals surface area contributed by atoms with Crippen LogP contribution in [0.25, 0.3) is 0 Å². The number of hydrogen-bond acceptors (Lipinski definition) is 2. The van der Waals surface area contributed by atoms with Gasteiger partial charge in [0.25, 0.3) is 0 Å². The number of hydrogen-bond donors (Lipinski definition) is 1. The third-order valence-corrected chi connectivity index (χ3v) is 5.73. The average Bonchev–Trinajstić information content (AvgIpc) is 2.50. The second kappa shape index (κ2) is 6.10. The van der Waals surface area contributed by atoms with Crippen molar-refractivity contribution in [2.75, 3.05) is 19.6 Å². The molecular weight excluding hydrogens is 256 g/mol. The van der Waals surface area contributed by atoms with E-state index < -0.39 is 0 Å². The van der Waals surface area contributed by atoms with E-state index in [9.17, 15) is 0 Å². The maximum Gasteiger partial charge on any atom is 0.0340 e. The number of nitrogens with one attached hydrogen (secondary N) is 1. The van der Waals surface area contributed by atoms with Gasteiger partial charge in [-0.3, -0.25) is 4.90 Å². The minimum absolute atomic E-state index is 0.409. The fraction of sp³-hybridized carbons (Fsp3) is 0.684. The van der Waals surface area contributed by atoms with Crippen LogP contribution in [0.15, 0.2) is 18.2 Å². The molecule has 1 aromatic carbocycles. The Hall–Kier alpha value is -0.860. The highest BCUT2D eigenvalue weighted by atomic mass is 15.3. The lowest BCUT2D eigenvalue weighted by Gasteiger charge is -2.52. The third-order valence-electron chi connectivity index (χ3n) is 5.73. The highest BCUT2D eigenvalue weighted by Crippen LogP contribution is 2.40. The van der Waals surface area contributed by atoms with Crippen LogP contribution in [0.5, 0.6) is 0 Å². The molecule has 0 amide bonds. The SMILES string of the molecule is Cc1ccc(C)c(C(C)N2CCNCC23CCCCC3)c1. The Kier molecular flexibility index (Phi) is 4.37. The van der Waals surface area contributed by atoms with Crippen molar-refractivity contribution in [2.24, 2.45) is 0 Å². The molecule has 3 rings (SSSR count). The standard InChI is InChI=1S/C19H30N2/c1-15-7-8-16(2)18(13-15)17(3)21-12-11-20-14-19(21)9-5-4-6-10-19/h7-8,13,17,20H,4-6,9-12,14H2,1-3H3. The molecule has 2 aliphatic rings. The number of rotatable bonds is 2. The van der Waals surface area contributed by atoms with Crippen LogP contribution in [0, 0.1) is 13.8 Å². The van der Waals surface area contributed by atoms with Crippen molar-refractivity contribution in [1.82, 2.24) is 10.2 Å². The Labute approximate surface area is 129 Å². The lowest BCUT2D eigenvalue weighted by molar-refractivity contribution is -0.00296. The van der Waals surface area contributed by atoms with E-state index in [2.05, 4.69) is 49.2 Å². The molecule has 1 aliphatic heterocycles. The topological polar surface area (TPSA) is 15.3 Å². The van der Waals surface area contributed by atoms with Crippen LogP contribution in [0.1, 0.15) is 61.8 Å². The minimum atomic E-state index is 0.409. The minimum Gasteiger partial charge on any atom is -0.314 e. The van der Waals surface area contributed by atoms with E-state index in [1.807, 2.05) is 0 Å². The lowest BCUT2D eigenvalue weighted by atomic mass is 9.77. The van der Waals surface area contributed by atoms with Crippen molar-refractivity contribution in [3.8, 4) is 0 Å². The van der Waals surface area contributed by atoms with E-state index in [-0.39, 0.29) is 0 Å². The van der Waals surface area contributed by atoms with Crippen molar-refractivity contribution >= 4 is 0 Å². The quantitative estimate of drug-likeness (QED) is 0.885. The average molecular weight is 286 g/mol. The number of piperazine rings is 1. The molecule has 2 heteroatoms. The van der Waals surface area contributed by atoms with E-state index in [1.54, 1.807) is 0 Å². The summed E-state index contributed by atoms with van der Waals surface area (Å²) in [6.07, 6.45) is 6.97. The van der Waals surface area contributed by atoms with Crippen molar-refractivity contribution in [3.63, 3.8) is 0 Å². The van der Waals surface area contributed by atoms with E-state index in [4.69, 9.17) is 0 Å². The molecule has 1 atom stereocenters. The van der Waals surface area contributed by atoms with Crippen molar-refractivity contribution < 1.29 is 0 Å². The number of benzene rings is 1. The van der Waals surface area contributed by atoms with Gasteiger partial charge in [0.1, 0.15) is 0 Å². The van der Waals surface area contributed by atoms with E-state index >= 15 is 0 Å². The Bertz CT molecular complexity index is 480. The molecule has 116 valence electrons. The Morgan fingerprint density at radius 1 is 1.14 bits per heavy atom. The summed E-state index contributed by atoms with van der Waals surface area (Å²) in [4.78, 5) is 2.82. The largest absolute Gasteiger partial charge is 0.314 e. The van der Waals surface area contributed by atoms with Gasteiger partial charge < -0.3 is 5.32 Å². The second-order valence-corrected chi connectivity index (χ2v) is 7.19. The monoisotopic (exact) mass is 286 g/mol. The molecule has 1 saturated carbocycles. The molecule has 0 aromatic heterocycles. The first kappa shape index (κ1) is 15.1. The highest BCUT2D eigenvalue weighted by molar-refractivity contribution is 5.33. The fourth-order valence-electron chi connectivity index (χ4n) is 4.52. The molecule has 1 unspecified atom stereocenters. The number of aryl methyl sites for hydroxylation is 2. The third kappa shape index (κ3) is 2.89. The molecule has 2 fully saturated rings. The van der Waals surface area contributed by atoms with E-state index in [0.29, 0.717) is 11.6 Å².